The van der Waals surface area contributed by atoms with Crippen LogP contribution in [0.2, 0.25) is 5.02 Å². The average Bonchev–Trinajstić information content (AvgIpc) is 2.61. The van der Waals surface area contributed by atoms with Gasteiger partial charge in [0.2, 0.25) is 5.91 Å². The number of guanidine groups is 1. The van der Waals surface area contributed by atoms with Crippen LogP contribution in [0.25, 0.3) is 0 Å². The number of hydrogen-bond donors (Lipinski definition) is 4. The standard InChI is InChI=1S/C18H21ClN4O2.HI/c1-2-20-18(21-11-13-3-5-14(19)6-4-13)22-12-17(25)23-15-7-9-16(24)10-8-15;/h3-10,24H,2,11-12H2,1H3,(H,23,25)(H2,20,21,22);1H. The highest BCUT2D eigenvalue weighted by Crippen LogP contribution is 2.13. The molecule has 0 aromatic heterocycles. The first-order chi connectivity index (χ1) is 12.1. The molecule has 26 heavy (non-hydrogen) atoms. The Morgan fingerprint density at radius 3 is 2.35 bits per heavy atom. The monoisotopic (exact) mass is 488 g/mol. The Morgan fingerprint density at radius 2 is 1.73 bits per heavy atom. The topological polar surface area (TPSA) is 85.8 Å². The van der Waals surface area contributed by atoms with Gasteiger partial charge in [0.25, 0.3) is 0 Å². The number of hydrogen-bond acceptors (Lipinski definition) is 3. The van der Waals surface area contributed by atoms with E-state index in [0.29, 0.717) is 29.8 Å². The molecular weight excluding hydrogens is 467 g/mol. The van der Waals surface area contributed by atoms with Crippen molar-refractivity contribution in [3.8, 4) is 5.75 Å². The Kier molecular flexibility index (Phi) is 9.82. The molecule has 8 heteroatoms. The second-order valence-electron chi connectivity index (χ2n) is 5.27. The maximum absolute atomic E-state index is 12.0. The number of nitrogens with zero attached hydrogens (tertiary/aromatic N) is 1. The SMILES string of the molecule is CCNC(=NCc1ccc(Cl)cc1)NCC(=O)Nc1ccc(O)cc1.I. The summed E-state index contributed by atoms with van der Waals surface area (Å²) >= 11 is 5.86. The first kappa shape index (κ1) is 22.0. The summed E-state index contributed by atoms with van der Waals surface area (Å²) in [5, 5.41) is 18.7. The highest BCUT2D eigenvalue weighted by molar-refractivity contribution is 14.0. The Morgan fingerprint density at radius 1 is 1.08 bits per heavy atom. The predicted molar refractivity (Wildman–Crippen MR) is 116 cm³/mol. The number of halogens is 2. The van der Waals surface area contributed by atoms with Crippen molar-refractivity contribution in [2.75, 3.05) is 18.4 Å². The number of carbonyl (C=O) groups excluding carboxylic acids is 1. The van der Waals surface area contributed by atoms with Gasteiger partial charge in [-0.15, -0.1) is 24.0 Å². The van der Waals surface area contributed by atoms with Crippen LogP contribution in [0, 0.1) is 0 Å². The Hall–Kier alpha value is -2.00. The minimum Gasteiger partial charge on any atom is -0.508 e. The average molecular weight is 489 g/mol. The third-order valence-corrected chi connectivity index (χ3v) is 3.50. The van der Waals surface area contributed by atoms with E-state index in [1.807, 2.05) is 31.2 Å². The summed E-state index contributed by atoms with van der Waals surface area (Å²) in [7, 11) is 0. The minimum absolute atomic E-state index is 0. The maximum atomic E-state index is 12.0. The van der Waals surface area contributed by atoms with E-state index in [1.165, 1.54) is 12.1 Å². The lowest BCUT2D eigenvalue weighted by Gasteiger charge is -2.11. The van der Waals surface area contributed by atoms with Crippen molar-refractivity contribution in [3.63, 3.8) is 0 Å². The fourth-order valence-electron chi connectivity index (χ4n) is 2.02. The molecule has 0 atom stereocenters. The Labute approximate surface area is 175 Å². The summed E-state index contributed by atoms with van der Waals surface area (Å²) in [6.45, 7) is 3.20. The van der Waals surface area contributed by atoms with Crippen LogP contribution < -0.4 is 16.0 Å². The van der Waals surface area contributed by atoms with E-state index in [2.05, 4.69) is 20.9 Å². The number of phenolic OH excluding ortho intramolecular Hbond substituents is 1. The van der Waals surface area contributed by atoms with Crippen LogP contribution in [-0.2, 0) is 11.3 Å². The molecule has 0 aliphatic heterocycles. The van der Waals surface area contributed by atoms with Gasteiger partial charge >= 0.3 is 0 Å². The third-order valence-electron chi connectivity index (χ3n) is 3.24. The van der Waals surface area contributed by atoms with Gasteiger partial charge < -0.3 is 21.1 Å². The van der Waals surface area contributed by atoms with Gasteiger partial charge in [-0.05, 0) is 48.9 Å². The number of rotatable bonds is 6. The van der Waals surface area contributed by atoms with E-state index in [4.69, 9.17) is 11.6 Å². The highest BCUT2D eigenvalue weighted by Gasteiger charge is 2.04. The first-order valence-electron chi connectivity index (χ1n) is 7.92. The van der Waals surface area contributed by atoms with Gasteiger partial charge in [-0.25, -0.2) is 4.99 Å². The molecule has 4 N–H and O–H groups in total. The number of nitrogens with one attached hydrogen (secondary N) is 3. The lowest BCUT2D eigenvalue weighted by molar-refractivity contribution is -0.115. The van der Waals surface area contributed by atoms with E-state index >= 15 is 0 Å². The molecule has 0 fully saturated rings. The summed E-state index contributed by atoms with van der Waals surface area (Å²) in [4.78, 5) is 16.4. The second kappa shape index (κ2) is 11.6. The van der Waals surface area contributed by atoms with Crippen LogP contribution in [0.15, 0.2) is 53.5 Å². The normalized spacial score (nSPS) is 10.6. The van der Waals surface area contributed by atoms with Crippen LogP contribution in [0.5, 0.6) is 5.75 Å². The van der Waals surface area contributed by atoms with E-state index in [0.717, 1.165) is 5.56 Å². The molecule has 6 nitrogen and oxygen atoms in total. The minimum atomic E-state index is -0.206. The summed E-state index contributed by atoms with van der Waals surface area (Å²) in [5.41, 5.74) is 1.64. The summed E-state index contributed by atoms with van der Waals surface area (Å²) in [6.07, 6.45) is 0. The van der Waals surface area contributed by atoms with Gasteiger partial charge in [0, 0.05) is 17.3 Å². The number of aromatic hydroxyl groups is 1. The Bertz CT molecular complexity index is 721. The van der Waals surface area contributed by atoms with Gasteiger partial charge in [0.15, 0.2) is 5.96 Å². The van der Waals surface area contributed by atoms with Gasteiger partial charge in [0.05, 0.1) is 13.1 Å². The number of anilines is 1. The van der Waals surface area contributed by atoms with Gasteiger partial charge in [-0.2, -0.15) is 0 Å². The molecule has 0 heterocycles. The molecule has 0 unspecified atom stereocenters. The fourth-order valence-corrected chi connectivity index (χ4v) is 2.14. The Balaban J connectivity index is 0.00000338. The molecule has 0 radical (unpaired) electrons. The van der Waals surface area contributed by atoms with Crippen molar-refractivity contribution in [3.05, 3.63) is 59.1 Å². The molecule has 2 rings (SSSR count). The zero-order valence-corrected chi connectivity index (χ0v) is 17.4. The second-order valence-corrected chi connectivity index (χ2v) is 5.71. The number of phenols is 1. The summed E-state index contributed by atoms with van der Waals surface area (Å²) in [5.74, 6) is 0.501. The number of benzene rings is 2. The lowest BCUT2D eigenvalue weighted by Crippen LogP contribution is -2.41. The molecule has 0 spiro atoms. The van der Waals surface area contributed by atoms with Crippen LogP contribution in [-0.4, -0.2) is 30.1 Å². The zero-order valence-electron chi connectivity index (χ0n) is 14.3. The van der Waals surface area contributed by atoms with E-state index in [1.54, 1.807) is 12.1 Å². The largest absolute Gasteiger partial charge is 0.508 e. The van der Waals surface area contributed by atoms with Crippen LogP contribution >= 0.6 is 35.6 Å². The van der Waals surface area contributed by atoms with Crippen molar-refractivity contribution in [1.82, 2.24) is 10.6 Å². The third kappa shape index (κ3) is 7.92. The molecule has 140 valence electrons. The van der Waals surface area contributed by atoms with Crippen molar-refractivity contribution in [2.24, 2.45) is 4.99 Å². The van der Waals surface area contributed by atoms with E-state index in [9.17, 15) is 9.90 Å². The predicted octanol–water partition coefficient (Wildman–Crippen LogP) is 3.36. The molecule has 2 aromatic carbocycles. The van der Waals surface area contributed by atoms with Crippen LogP contribution in [0.1, 0.15) is 12.5 Å². The molecular formula is C18H22ClIN4O2. The molecule has 0 bridgehead atoms. The lowest BCUT2D eigenvalue weighted by atomic mass is 10.2. The molecule has 2 aromatic rings. The van der Waals surface area contributed by atoms with Crippen LogP contribution in [0.4, 0.5) is 5.69 Å². The quantitative estimate of drug-likeness (QED) is 0.217. The van der Waals surface area contributed by atoms with Gasteiger partial charge in [0.1, 0.15) is 5.75 Å². The maximum Gasteiger partial charge on any atom is 0.243 e. The molecule has 1 amide bonds. The number of carbonyl (C=O) groups is 1. The van der Waals surface area contributed by atoms with E-state index in [-0.39, 0.29) is 42.2 Å². The first-order valence-corrected chi connectivity index (χ1v) is 8.30. The van der Waals surface area contributed by atoms with Crippen molar-refractivity contribution >= 4 is 53.1 Å². The number of amides is 1. The summed E-state index contributed by atoms with van der Waals surface area (Å²) in [6, 6.07) is 13.7. The molecule has 0 saturated carbocycles. The van der Waals surface area contributed by atoms with Gasteiger partial charge in [-0.3, -0.25) is 4.79 Å². The number of aliphatic imine (C=N–C) groups is 1. The molecule has 0 aliphatic carbocycles. The summed E-state index contributed by atoms with van der Waals surface area (Å²) < 4.78 is 0. The van der Waals surface area contributed by atoms with Crippen molar-refractivity contribution < 1.29 is 9.90 Å². The van der Waals surface area contributed by atoms with E-state index < -0.39 is 0 Å². The van der Waals surface area contributed by atoms with Gasteiger partial charge in [-0.1, -0.05) is 23.7 Å². The molecule has 0 aliphatic rings. The van der Waals surface area contributed by atoms with Crippen molar-refractivity contribution in [2.45, 2.75) is 13.5 Å². The fraction of sp³-hybridized carbons (Fsp3) is 0.222. The highest BCUT2D eigenvalue weighted by atomic mass is 127. The van der Waals surface area contributed by atoms with Crippen LogP contribution in [0.3, 0.4) is 0 Å². The smallest absolute Gasteiger partial charge is 0.243 e. The van der Waals surface area contributed by atoms with Crippen molar-refractivity contribution in [1.29, 1.82) is 0 Å². The zero-order chi connectivity index (χ0) is 18.1. The molecule has 0 saturated heterocycles.